The molecule has 1 atom stereocenters. The lowest BCUT2D eigenvalue weighted by Crippen LogP contribution is -2.29. The van der Waals surface area contributed by atoms with Crippen molar-refractivity contribution in [3.8, 4) is 6.07 Å². The molecule has 0 amide bonds. The summed E-state index contributed by atoms with van der Waals surface area (Å²) in [6.45, 7) is 5.93. The summed E-state index contributed by atoms with van der Waals surface area (Å²) in [5, 5.41) is 9.51. The molecule has 1 aliphatic carbocycles. The molecule has 5 heteroatoms. The summed E-state index contributed by atoms with van der Waals surface area (Å²) in [5.74, 6) is 5.79. The van der Waals surface area contributed by atoms with E-state index >= 15 is 0 Å². The van der Waals surface area contributed by atoms with E-state index in [-0.39, 0.29) is 0 Å². The molecule has 4 nitrogen and oxygen atoms in total. The van der Waals surface area contributed by atoms with E-state index in [1.54, 1.807) is 0 Å². The van der Waals surface area contributed by atoms with Crippen molar-refractivity contribution < 1.29 is 0 Å². The largest absolute Gasteiger partial charge is 0.324 e. The molecule has 0 aromatic heterocycles. The first-order chi connectivity index (χ1) is 12.1. The minimum Gasteiger partial charge on any atom is -0.324 e. The Bertz CT molecular complexity index is 714. The number of hydrogen-bond donors (Lipinski definition) is 2. The van der Waals surface area contributed by atoms with Crippen LogP contribution in [0.15, 0.2) is 75.4 Å². The van der Waals surface area contributed by atoms with Crippen molar-refractivity contribution in [2.24, 2.45) is 15.7 Å². The first-order valence-corrected chi connectivity index (χ1v) is 9.27. The van der Waals surface area contributed by atoms with Gasteiger partial charge in [-0.15, -0.1) is 0 Å². The van der Waals surface area contributed by atoms with Crippen molar-refractivity contribution in [1.29, 1.82) is 5.26 Å². The van der Waals surface area contributed by atoms with E-state index in [9.17, 15) is 5.26 Å². The molecule has 0 saturated carbocycles. The second kappa shape index (κ2) is 10.5. The SMILES string of the molecule is C/C=C\C(C#N)=C/C(C)(C1=CC=CC1)/C(C=NSC)=C(/C=C\C)NN. The molecule has 0 aliphatic heterocycles. The molecule has 0 aromatic rings. The fourth-order valence-electron chi connectivity index (χ4n) is 2.76. The second-order valence-electron chi connectivity index (χ2n) is 5.63. The summed E-state index contributed by atoms with van der Waals surface area (Å²) in [5.41, 5.74) is 5.73. The van der Waals surface area contributed by atoms with E-state index in [4.69, 9.17) is 5.84 Å². The zero-order chi connectivity index (χ0) is 18.7. The highest BCUT2D eigenvalue weighted by molar-refractivity contribution is 7.97. The van der Waals surface area contributed by atoms with Gasteiger partial charge in [0, 0.05) is 29.0 Å². The monoisotopic (exact) mass is 354 g/mol. The van der Waals surface area contributed by atoms with Gasteiger partial charge < -0.3 is 5.43 Å². The average Bonchev–Trinajstić information content (AvgIpc) is 3.16. The van der Waals surface area contributed by atoms with E-state index in [2.05, 4.69) is 35.0 Å². The van der Waals surface area contributed by atoms with Crippen molar-refractivity contribution in [3.63, 3.8) is 0 Å². The summed E-state index contributed by atoms with van der Waals surface area (Å²) in [7, 11) is 0. The van der Waals surface area contributed by atoms with Gasteiger partial charge in [0.1, 0.15) is 0 Å². The molecular formula is C20H26N4S. The predicted octanol–water partition coefficient (Wildman–Crippen LogP) is 4.55. The van der Waals surface area contributed by atoms with Gasteiger partial charge in [-0.2, -0.15) is 5.26 Å². The van der Waals surface area contributed by atoms with Crippen molar-refractivity contribution in [3.05, 3.63) is 71.0 Å². The van der Waals surface area contributed by atoms with Crippen LogP contribution in [-0.4, -0.2) is 12.5 Å². The van der Waals surface area contributed by atoms with Crippen LogP contribution in [-0.2, 0) is 0 Å². The number of rotatable bonds is 8. The Morgan fingerprint density at radius 1 is 1.40 bits per heavy atom. The number of nitrogens with two attached hydrogens (primary N) is 1. The summed E-state index contributed by atoms with van der Waals surface area (Å²) < 4.78 is 4.37. The lowest BCUT2D eigenvalue weighted by Gasteiger charge is -2.31. The minimum absolute atomic E-state index is 0.519. The van der Waals surface area contributed by atoms with Crippen LogP contribution in [0.2, 0.25) is 0 Å². The van der Waals surface area contributed by atoms with Gasteiger partial charge in [-0.25, -0.2) is 4.40 Å². The van der Waals surface area contributed by atoms with Gasteiger partial charge in [-0.05, 0) is 51.3 Å². The number of allylic oxidation sites excluding steroid dienone is 11. The lowest BCUT2D eigenvalue weighted by molar-refractivity contribution is 0.616. The first-order valence-electron chi connectivity index (χ1n) is 8.09. The number of nitrogens with one attached hydrogen (secondary N) is 1. The molecule has 0 aromatic carbocycles. The van der Waals surface area contributed by atoms with Crippen LogP contribution in [0, 0.1) is 16.7 Å². The Morgan fingerprint density at radius 2 is 2.12 bits per heavy atom. The first kappa shape index (κ1) is 20.8. The number of nitrogens with zero attached hydrogens (tertiary/aromatic N) is 2. The Balaban J connectivity index is 3.72. The van der Waals surface area contributed by atoms with Crippen LogP contribution in [0.25, 0.3) is 0 Å². The molecule has 0 spiro atoms. The maximum absolute atomic E-state index is 9.51. The molecule has 0 heterocycles. The molecule has 3 N–H and O–H groups in total. The summed E-state index contributed by atoms with van der Waals surface area (Å²) in [4.78, 5) is 0. The average molecular weight is 355 g/mol. The highest BCUT2D eigenvalue weighted by Crippen LogP contribution is 2.42. The fraction of sp³-hybridized carbons (Fsp3) is 0.300. The Kier molecular flexibility index (Phi) is 8.76. The maximum Gasteiger partial charge on any atom is 0.0988 e. The van der Waals surface area contributed by atoms with E-state index < -0.39 is 5.41 Å². The Morgan fingerprint density at radius 3 is 2.60 bits per heavy atom. The van der Waals surface area contributed by atoms with Crippen molar-refractivity contribution in [1.82, 2.24) is 5.43 Å². The molecule has 1 unspecified atom stereocenters. The molecule has 1 aliphatic rings. The van der Waals surface area contributed by atoms with Crippen LogP contribution < -0.4 is 11.3 Å². The quantitative estimate of drug-likeness (QED) is 0.167. The summed E-state index contributed by atoms with van der Waals surface area (Å²) in [6.07, 6.45) is 20.3. The van der Waals surface area contributed by atoms with Crippen LogP contribution in [0.4, 0.5) is 0 Å². The summed E-state index contributed by atoms with van der Waals surface area (Å²) in [6, 6.07) is 2.27. The van der Waals surface area contributed by atoms with Gasteiger partial charge in [-0.1, -0.05) is 42.0 Å². The molecule has 0 saturated heterocycles. The third-order valence-electron chi connectivity index (χ3n) is 3.98. The lowest BCUT2D eigenvalue weighted by atomic mass is 9.73. The molecular weight excluding hydrogens is 328 g/mol. The highest BCUT2D eigenvalue weighted by Gasteiger charge is 2.33. The smallest absolute Gasteiger partial charge is 0.0988 e. The highest BCUT2D eigenvalue weighted by atomic mass is 32.2. The minimum atomic E-state index is -0.519. The van der Waals surface area contributed by atoms with Gasteiger partial charge in [0.2, 0.25) is 0 Å². The van der Waals surface area contributed by atoms with E-state index in [1.807, 2.05) is 62.8 Å². The third kappa shape index (κ3) is 5.35. The topological polar surface area (TPSA) is 74.2 Å². The number of hydrazine groups is 1. The maximum atomic E-state index is 9.51. The normalized spacial score (nSPS) is 18.6. The van der Waals surface area contributed by atoms with E-state index in [1.165, 1.54) is 17.5 Å². The number of hydrogen-bond acceptors (Lipinski definition) is 5. The zero-order valence-electron chi connectivity index (χ0n) is 15.3. The third-order valence-corrected chi connectivity index (χ3v) is 4.30. The van der Waals surface area contributed by atoms with Gasteiger partial charge in [-0.3, -0.25) is 5.84 Å². The van der Waals surface area contributed by atoms with Crippen molar-refractivity contribution >= 4 is 18.2 Å². The molecule has 25 heavy (non-hydrogen) atoms. The standard InChI is InChI=1S/C20H26N4S/c1-5-9-16(14-21)13-20(3,17-11-7-8-12-17)18(15-23-25-4)19(24-22)10-6-2/h5-11,13,15,24H,12,22H2,1-4H3/b9-5-,10-6-,16-13+,19-18-,23-15?. The Labute approximate surface area is 155 Å². The van der Waals surface area contributed by atoms with E-state index in [0.717, 1.165) is 17.7 Å². The molecule has 1 rings (SSSR count). The van der Waals surface area contributed by atoms with Gasteiger partial charge in [0.25, 0.3) is 0 Å². The second-order valence-corrected chi connectivity index (χ2v) is 6.20. The molecule has 0 fully saturated rings. The van der Waals surface area contributed by atoms with Crippen molar-refractivity contribution in [2.75, 3.05) is 6.26 Å². The molecule has 132 valence electrons. The predicted molar refractivity (Wildman–Crippen MR) is 110 cm³/mol. The summed E-state index contributed by atoms with van der Waals surface area (Å²) >= 11 is 1.38. The molecule has 0 bridgehead atoms. The van der Waals surface area contributed by atoms with E-state index in [0.29, 0.717) is 5.57 Å². The fourth-order valence-corrected chi connectivity index (χ4v) is 2.97. The van der Waals surface area contributed by atoms with Crippen LogP contribution in [0.5, 0.6) is 0 Å². The van der Waals surface area contributed by atoms with Crippen LogP contribution in [0.3, 0.4) is 0 Å². The van der Waals surface area contributed by atoms with Gasteiger partial charge >= 0.3 is 0 Å². The van der Waals surface area contributed by atoms with Gasteiger partial charge in [0.05, 0.1) is 11.8 Å². The molecule has 0 radical (unpaired) electrons. The van der Waals surface area contributed by atoms with Crippen LogP contribution in [0.1, 0.15) is 27.2 Å². The Hall–Kier alpha value is -2.29. The zero-order valence-corrected chi connectivity index (χ0v) is 16.1. The number of nitriles is 1. The van der Waals surface area contributed by atoms with Crippen molar-refractivity contribution in [2.45, 2.75) is 27.2 Å². The van der Waals surface area contributed by atoms with Crippen LogP contribution >= 0.6 is 11.9 Å². The van der Waals surface area contributed by atoms with Gasteiger partial charge in [0.15, 0.2) is 0 Å².